The number of hydrogen-bond acceptors (Lipinski definition) is 6. The number of imidazole rings is 1. The summed E-state index contributed by atoms with van der Waals surface area (Å²) >= 11 is 0. The Kier molecular flexibility index (Phi) is 6.03. The number of amides is 1. The molecule has 0 bridgehead atoms. The van der Waals surface area contributed by atoms with Crippen molar-refractivity contribution >= 4 is 17.4 Å². The zero-order valence-electron chi connectivity index (χ0n) is 19.7. The molecule has 0 aliphatic carbocycles. The Bertz CT molecular complexity index is 1280. The van der Waals surface area contributed by atoms with E-state index in [0.717, 1.165) is 23.3 Å². The van der Waals surface area contributed by atoms with Crippen LogP contribution in [-0.4, -0.2) is 51.0 Å². The molecule has 0 spiro atoms. The number of rotatable bonds is 7. The van der Waals surface area contributed by atoms with Crippen LogP contribution in [0, 0.1) is 0 Å². The molecule has 0 unspecified atom stereocenters. The number of ether oxygens (including phenoxy) is 2. The molecule has 1 N–H and O–H groups in total. The number of Topliss-reactive ketones (excluding diaryl/α,β-unsaturated/α-hetero) is 1. The van der Waals surface area contributed by atoms with Gasteiger partial charge in [0.1, 0.15) is 23.4 Å². The number of aliphatic hydroxyl groups excluding tert-OH is 1. The molecule has 3 heterocycles. The van der Waals surface area contributed by atoms with Crippen LogP contribution >= 0.6 is 0 Å². The molecule has 1 saturated heterocycles. The lowest BCUT2D eigenvalue weighted by atomic mass is 9.94. The van der Waals surface area contributed by atoms with E-state index in [9.17, 15) is 14.7 Å². The Morgan fingerprint density at radius 1 is 1.17 bits per heavy atom. The van der Waals surface area contributed by atoms with Crippen molar-refractivity contribution in [3.05, 3.63) is 83.4 Å². The van der Waals surface area contributed by atoms with Crippen molar-refractivity contribution in [3.8, 4) is 11.5 Å². The Labute approximate surface area is 203 Å². The summed E-state index contributed by atoms with van der Waals surface area (Å²) in [7, 11) is 1.58. The molecular formula is C27H27N3O5. The zero-order valence-corrected chi connectivity index (χ0v) is 19.7. The molecule has 0 radical (unpaired) electrons. The first kappa shape index (κ1) is 22.7. The van der Waals surface area contributed by atoms with E-state index in [2.05, 4.69) is 4.98 Å². The van der Waals surface area contributed by atoms with Gasteiger partial charge in [0.25, 0.3) is 11.7 Å². The van der Waals surface area contributed by atoms with Crippen LogP contribution in [0.2, 0.25) is 0 Å². The van der Waals surface area contributed by atoms with E-state index in [0.29, 0.717) is 30.8 Å². The normalized spacial score (nSPS) is 20.7. The summed E-state index contributed by atoms with van der Waals surface area (Å²) in [6.45, 7) is 2.99. The average molecular weight is 474 g/mol. The number of hydrogen-bond donors (Lipinski definition) is 1. The third-order valence-corrected chi connectivity index (χ3v) is 6.52. The Morgan fingerprint density at radius 3 is 2.69 bits per heavy atom. The molecule has 3 aromatic rings. The SMILES string of the molecule is COc1ccc([C@H]2/C(=C(\O)c3ccc4c(c3)C[C@H](C)O4)C(=O)C(=O)N2CCCn2ccnc2)cc1. The van der Waals surface area contributed by atoms with Crippen molar-refractivity contribution in [3.63, 3.8) is 0 Å². The molecule has 180 valence electrons. The van der Waals surface area contributed by atoms with Gasteiger partial charge in [-0.3, -0.25) is 9.59 Å². The van der Waals surface area contributed by atoms with Gasteiger partial charge in [-0.2, -0.15) is 0 Å². The fourth-order valence-electron chi connectivity index (χ4n) is 4.81. The van der Waals surface area contributed by atoms with Crippen molar-refractivity contribution in [2.24, 2.45) is 0 Å². The van der Waals surface area contributed by atoms with Crippen molar-refractivity contribution in [2.75, 3.05) is 13.7 Å². The summed E-state index contributed by atoms with van der Waals surface area (Å²) in [4.78, 5) is 32.0. The number of likely N-dealkylation sites (tertiary alicyclic amines) is 1. The molecule has 2 aromatic carbocycles. The van der Waals surface area contributed by atoms with Crippen LogP contribution in [0.3, 0.4) is 0 Å². The lowest BCUT2D eigenvalue weighted by Gasteiger charge is -2.25. The highest BCUT2D eigenvalue weighted by molar-refractivity contribution is 6.46. The third-order valence-electron chi connectivity index (χ3n) is 6.52. The smallest absolute Gasteiger partial charge is 0.295 e. The highest BCUT2D eigenvalue weighted by Crippen LogP contribution is 2.41. The molecule has 2 aliphatic rings. The van der Waals surface area contributed by atoms with Crippen LogP contribution < -0.4 is 9.47 Å². The molecule has 1 amide bonds. The van der Waals surface area contributed by atoms with Gasteiger partial charge in [0.15, 0.2) is 0 Å². The number of carbonyl (C=O) groups excluding carboxylic acids is 2. The predicted octanol–water partition coefficient (Wildman–Crippen LogP) is 3.73. The molecule has 35 heavy (non-hydrogen) atoms. The fraction of sp³-hybridized carbons (Fsp3) is 0.296. The van der Waals surface area contributed by atoms with E-state index in [4.69, 9.17) is 9.47 Å². The topological polar surface area (TPSA) is 93.9 Å². The van der Waals surface area contributed by atoms with Gasteiger partial charge in [0.2, 0.25) is 0 Å². The van der Waals surface area contributed by atoms with Crippen molar-refractivity contribution in [1.29, 1.82) is 0 Å². The van der Waals surface area contributed by atoms with Gasteiger partial charge < -0.3 is 24.0 Å². The molecule has 5 rings (SSSR count). The van der Waals surface area contributed by atoms with Gasteiger partial charge in [0.05, 0.1) is 25.1 Å². The first-order chi connectivity index (χ1) is 17.0. The predicted molar refractivity (Wildman–Crippen MR) is 129 cm³/mol. The van der Waals surface area contributed by atoms with E-state index >= 15 is 0 Å². The molecule has 8 nitrogen and oxygen atoms in total. The summed E-state index contributed by atoms with van der Waals surface area (Å²) < 4.78 is 13.0. The maximum Gasteiger partial charge on any atom is 0.295 e. The lowest BCUT2D eigenvalue weighted by molar-refractivity contribution is -0.139. The molecule has 8 heteroatoms. The Balaban J connectivity index is 1.53. The van der Waals surface area contributed by atoms with E-state index in [-0.39, 0.29) is 17.4 Å². The number of aromatic nitrogens is 2. The van der Waals surface area contributed by atoms with Crippen LogP contribution in [0.1, 0.15) is 36.1 Å². The van der Waals surface area contributed by atoms with Crippen LogP contribution in [0.4, 0.5) is 0 Å². The quantitative estimate of drug-likeness (QED) is 0.319. The summed E-state index contributed by atoms with van der Waals surface area (Å²) in [6, 6.07) is 11.9. The van der Waals surface area contributed by atoms with Gasteiger partial charge in [-0.25, -0.2) is 4.98 Å². The number of fused-ring (bicyclic) bond motifs is 1. The average Bonchev–Trinajstić information content (AvgIpc) is 3.57. The second-order valence-corrected chi connectivity index (χ2v) is 8.87. The number of ketones is 1. The maximum atomic E-state index is 13.2. The highest BCUT2D eigenvalue weighted by Gasteiger charge is 2.45. The molecule has 0 saturated carbocycles. The zero-order chi connectivity index (χ0) is 24.5. The summed E-state index contributed by atoms with van der Waals surface area (Å²) in [6.07, 6.45) is 6.68. The minimum atomic E-state index is -0.702. The summed E-state index contributed by atoms with van der Waals surface area (Å²) in [5, 5.41) is 11.3. The molecule has 2 atom stereocenters. The monoisotopic (exact) mass is 473 g/mol. The van der Waals surface area contributed by atoms with Gasteiger partial charge in [-0.15, -0.1) is 0 Å². The molecule has 1 aromatic heterocycles. The number of nitrogens with zero attached hydrogens (tertiary/aromatic N) is 3. The summed E-state index contributed by atoms with van der Waals surface area (Å²) in [5.41, 5.74) is 2.29. The number of benzene rings is 2. The van der Waals surface area contributed by atoms with E-state index in [1.807, 2.05) is 35.9 Å². The molecule has 2 aliphatic heterocycles. The van der Waals surface area contributed by atoms with Gasteiger partial charge in [0, 0.05) is 37.5 Å². The first-order valence-corrected chi connectivity index (χ1v) is 11.6. The standard InChI is InChI=1S/C27H27N3O5/c1-17-14-20-15-19(6-9-22(20)35-17)25(31)23-24(18-4-7-21(34-2)8-5-18)30(27(33)26(23)32)12-3-11-29-13-10-28-16-29/h4-10,13,15-17,24,31H,3,11-12,14H2,1-2H3/b25-23+/t17-,24-/m0/s1. The Hall–Kier alpha value is -4.07. The number of aryl methyl sites for hydroxylation is 1. The van der Waals surface area contributed by atoms with Crippen LogP contribution in [0.25, 0.3) is 5.76 Å². The number of carbonyl (C=O) groups is 2. The van der Waals surface area contributed by atoms with Gasteiger partial charge >= 0.3 is 0 Å². The minimum Gasteiger partial charge on any atom is -0.507 e. The highest BCUT2D eigenvalue weighted by atomic mass is 16.5. The van der Waals surface area contributed by atoms with Crippen LogP contribution in [-0.2, 0) is 22.6 Å². The van der Waals surface area contributed by atoms with Crippen LogP contribution in [0.15, 0.2) is 66.8 Å². The van der Waals surface area contributed by atoms with Crippen molar-refractivity contribution in [2.45, 2.75) is 38.5 Å². The number of aliphatic hydroxyl groups is 1. The largest absolute Gasteiger partial charge is 0.507 e. The lowest BCUT2D eigenvalue weighted by Crippen LogP contribution is -2.31. The summed E-state index contributed by atoms with van der Waals surface area (Å²) in [5.74, 6) is -0.0323. The molecular weight excluding hydrogens is 446 g/mol. The van der Waals surface area contributed by atoms with E-state index in [1.165, 1.54) is 0 Å². The van der Waals surface area contributed by atoms with Crippen molar-refractivity contribution in [1.82, 2.24) is 14.5 Å². The Morgan fingerprint density at radius 2 is 1.97 bits per heavy atom. The van der Waals surface area contributed by atoms with Crippen molar-refractivity contribution < 1.29 is 24.2 Å². The third kappa shape index (κ3) is 4.27. The first-order valence-electron chi connectivity index (χ1n) is 11.6. The van der Waals surface area contributed by atoms with Gasteiger partial charge in [-0.05, 0) is 54.8 Å². The second-order valence-electron chi connectivity index (χ2n) is 8.87. The molecule has 1 fully saturated rings. The van der Waals surface area contributed by atoms with Crippen LogP contribution in [0.5, 0.6) is 11.5 Å². The second kappa shape index (κ2) is 9.29. The van der Waals surface area contributed by atoms with Gasteiger partial charge in [-0.1, -0.05) is 12.1 Å². The number of methoxy groups -OCH3 is 1. The van der Waals surface area contributed by atoms with E-state index < -0.39 is 17.7 Å². The minimum absolute atomic E-state index is 0.0581. The van der Waals surface area contributed by atoms with E-state index in [1.54, 1.807) is 48.8 Å². The fourth-order valence-corrected chi connectivity index (χ4v) is 4.81. The maximum absolute atomic E-state index is 13.2.